The number of benzene rings is 3. The number of nitrogens with zero attached hydrogens (tertiary/aromatic N) is 1. The first-order chi connectivity index (χ1) is 13.4. The van der Waals surface area contributed by atoms with Crippen molar-refractivity contribution in [2.24, 2.45) is 10.9 Å². The second kappa shape index (κ2) is 6.85. The topological polar surface area (TPSA) is 12.4 Å². The third-order valence-electron chi connectivity index (χ3n) is 5.53. The van der Waals surface area contributed by atoms with Crippen molar-refractivity contribution in [3.05, 3.63) is 120 Å². The zero-order valence-electron chi connectivity index (χ0n) is 15.1. The second-order valence-electron chi connectivity index (χ2n) is 7.20. The van der Waals surface area contributed by atoms with Crippen LogP contribution < -0.4 is 0 Å². The van der Waals surface area contributed by atoms with Gasteiger partial charge in [-0.25, -0.2) is 0 Å². The summed E-state index contributed by atoms with van der Waals surface area (Å²) in [6.45, 7) is 0.846. The predicted octanol–water partition coefficient (Wildman–Crippen LogP) is 6.05. The smallest absolute Gasteiger partial charge is 0.0685 e. The highest BCUT2D eigenvalue weighted by atomic mass is 14.8. The van der Waals surface area contributed by atoms with Crippen molar-refractivity contribution in [1.82, 2.24) is 0 Å². The third-order valence-corrected chi connectivity index (χ3v) is 5.53. The minimum atomic E-state index is 0.367. The lowest BCUT2D eigenvalue weighted by molar-refractivity contribution is 0.563. The fourth-order valence-electron chi connectivity index (χ4n) is 4.25. The molecule has 27 heavy (non-hydrogen) atoms. The molecule has 130 valence electrons. The Morgan fingerprint density at radius 3 is 2.19 bits per heavy atom. The van der Waals surface area contributed by atoms with Gasteiger partial charge in [-0.05, 0) is 27.8 Å². The minimum Gasteiger partial charge on any atom is -0.284 e. The number of fused-ring (bicyclic) bond motifs is 2. The molecule has 2 bridgehead atoms. The molecule has 3 aromatic rings. The molecular formula is C26H21N. The van der Waals surface area contributed by atoms with Gasteiger partial charge >= 0.3 is 0 Å². The fraction of sp³-hybridized carbons (Fsp3) is 0.115. The summed E-state index contributed by atoms with van der Waals surface area (Å²) in [5, 5.41) is 0. The first-order valence-corrected chi connectivity index (χ1v) is 9.54. The Labute approximate surface area is 160 Å². The van der Waals surface area contributed by atoms with Gasteiger partial charge in [0.2, 0.25) is 0 Å². The van der Waals surface area contributed by atoms with Gasteiger partial charge in [-0.15, -0.1) is 0 Å². The highest BCUT2D eigenvalue weighted by molar-refractivity contribution is 6.14. The van der Waals surface area contributed by atoms with Gasteiger partial charge in [-0.1, -0.05) is 103 Å². The predicted molar refractivity (Wildman–Crippen MR) is 113 cm³/mol. The summed E-state index contributed by atoms with van der Waals surface area (Å²) in [5.41, 5.74) is 7.61. The van der Waals surface area contributed by atoms with E-state index in [9.17, 15) is 0 Å². The van der Waals surface area contributed by atoms with Crippen LogP contribution in [0.5, 0.6) is 0 Å². The van der Waals surface area contributed by atoms with Crippen LogP contribution in [0, 0.1) is 5.92 Å². The van der Waals surface area contributed by atoms with Crippen LogP contribution in [0.15, 0.2) is 114 Å². The lowest BCUT2D eigenvalue weighted by Gasteiger charge is -2.34. The average Bonchev–Trinajstić information content (AvgIpc) is 2.75. The largest absolute Gasteiger partial charge is 0.284 e. The van der Waals surface area contributed by atoms with Crippen LogP contribution in [0.4, 0.5) is 0 Å². The lowest BCUT2D eigenvalue weighted by Crippen LogP contribution is -2.28. The molecule has 0 radical (unpaired) electrons. The van der Waals surface area contributed by atoms with E-state index in [1.54, 1.807) is 0 Å². The Morgan fingerprint density at radius 1 is 0.704 bits per heavy atom. The number of allylic oxidation sites excluding steroid dienone is 3. The van der Waals surface area contributed by atoms with E-state index in [-0.39, 0.29) is 0 Å². The standard InChI is InChI=1S/C26H21N/c1-3-9-19(10-4-1)21-13-7-14-22(17-21)25-23-15-8-16-24(25)26(27-18-23)20-11-5-2-6-12-20/h1-17,23,25H,18H2. The van der Waals surface area contributed by atoms with Crippen molar-refractivity contribution in [1.29, 1.82) is 0 Å². The molecular weight excluding hydrogens is 326 g/mol. The van der Waals surface area contributed by atoms with Gasteiger partial charge in [0.1, 0.15) is 0 Å². The summed E-state index contributed by atoms with van der Waals surface area (Å²) in [6, 6.07) is 30.2. The first kappa shape index (κ1) is 16.0. The van der Waals surface area contributed by atoms with E-state index in [0.29, 0.717) is 11.8 Å². The average molecular weight is 347 g/mol. The lowest BCUT2D eigenvalue weighted by atomic mass is 9.72. The summed E-state index contributed by atoms with van der Waals surface area (Å²) >= 11 is 0. The Hall–Kier alpha value is -3.19. The molecule has 0 amide bonds. The normalized spacial score (nSPS) is 20.7. The van der Waals surface area contributed by atoms with Crippen LogP contribution in [0.25, 0.3) is 11.1 Å². The van der Waals surface area contributed by atoms with Gasteiger partial charge in [-0.3, -0.25) is 4.99 Å². The van der Waals surface area contributed by atoms with Gasteiger partial charge in [0.15, 0.2) is 0 Å². The molecule has 1 nitrogen and oxygen atoms in total. The molecule has 2 atom stereocenters. The van der Waals surface area contributed by atoms with Crippen molar-refractivity contribution in [3.63, 3.8) is 0 Å². The van der Waals surface area contributed by atoms with Crippen LogP contribution in [-0.4, -0.2) is 12.3 Å². The monoisotopic (exact) mass is 347 g/mol. The zero-order chi connectivity index (χ0) is 18.1. The Morgan fingerprint density at radius 2 is 1.41 bits per heavy atom. The van der Waals surface area contributed by atoms with Crippen LogP contribution >= 0.6 is 0 Å². The van der Waals surface area contributed by atoms with Crippen LogP contribution in [-0.2, 0) is 0 Å². The number of aliphatic imine (C=N–C) groups is 1. The molecule has 1 aliphatic heterocycles. The Balaban J connectivity index is 1.57. The molecule has 5 rings (SSSR count). The van der Waals surface area contributed by atoms with Crippen molar-refractivity contribution >= 4 is 5.71 Å². The number of hydrogen-bond acceptors (Lipinski definition) is 1. The fourth-order valence-corrected chi connectivity index (χ4v) is 4.25. The van der Waals surface area contributed by atoms with Crippen LogP contribution in [0.3, 0.4) is 0 Å². The van der Waals surface area contributed by atoms with Gasteiger partial charge in [0, 0.05) is 18.4 Å². The summed E-state index contributed by atoms with van der Waals surface area (Å²) in [4.78, 5) is 4.94. The molecule has 2 unspecified atom stereocenters. The number of rotatable bonds is 3. The molecule has 0 N–H and O–H groups in total. The summed E-state index contributed by atoms with van der Waals surface area (Å²) < 4.78 is 0. The maximum atomic E-state index is 4.94. The third kappa shape index (κ3) is 2.96. The minimum absolute atomic E-state index is 0.367. The molecule has 1 aliphatic carbocycles. The van der Waals surface area contributed by atoms with E-state index in [4.69, 9.17) is 4.99 Å². The van der Waals surface area contributed by atoms with Gasteiger partial charge in [0.05, 0.1) is 5.71 Å². The van der Waals surface area contributed by atoms with E-state index in [1.165, 1.54) is 27.8 Å². The molecule has 0 fully saturated rings. The molecule has 1 heteroatoms. The van der Waals surface area contributed by atoms with Crippen LogP contribution in [0.1, 0.15) is 17.0 Å². The quantitative estimate of drug-likeness (QED) is 0.547. The Bertz CT molecular complexity index is 1040. The van der Waals surface area contributed by atoms with Crippen molar-refractivity contribution in [2.45, 2.75) is 5.92 Å². The van der Waals surface area contributed by atoms with E-state index in [2.05, 4.69) is 103 Å². The molecule has 3 aromatic carbocycles. The maximum absolute atomic E-state index is 4.94. The first-order valence-electron chi connectivity index (χ1n) is 9.54. The SMILES string of the molecule is C1=CC2CN=C(c3ccccc3)C(=C1)C2c1cccc(-c2ccccc2)c1. The molecule has 0 aromatic heterocycles. The van der Waals surface area contributed by atoms with Crippen molar-refractivity contribution in [3.8, 4) is 11.1 Å². The zero-order valence-corrected chi connectivity index (χ0v) is 15.1. The molecule has 0 spiro atoms. The van der Waals surface area contributed by atoms with Gasteiger partial charge in [-0.2, -0.15) is 0 Å². The van der Waals surface area contributed by atoms with Gasteiger partial charge in [0.25, 0.3) is 0 Å². The van der Waals surface area contributed by atoms with Crippen molar-refractivity contribution < 1.29 is 0 Å². The van der Waals surface area contributed by atoms with Crippen molar-refractivity contribution in [2.75, 3.05) is 6.54 Å². The highest BCUT2D eigenvalue weighted by Gasteiger charge is 2.33. The summed E-state index contributed by atoms with van der Waals surface area (Å²) in [5.74, 6) is 0.801. The van der Waals surface area contributed by atoms with E-state index >= 15 is 0 Å². The maximum Gasteiger partial charge on any atom is 0.0685 e. The van der Waals surface area contributed by atoms with E-state index in [1.807, 2.05) is 0 Å². The molecule has 1 heterocycles. The van der Waals surface area contributed by atoms with Crippen LogP contribution in [0.2, 0.25) is 0 Å². The number of hydrogen-bond donors (Lipinski definition) is 0. The molecule has 0 saturated heterocycles. The van der Waals surface area contributed by atoms with E-state index in [0.717, 1.165) is 12.3 Å². The molecule has 2 aliphatic rings. The van der Waals surface area contributed by atoms with E-state index < -0.39 is 0 Å². The summed E-state index contributed by atoms with van der Waals surface area (Å²) in [6.07, 6.45) is 6.77. The Kier molecular flexibility index (Phi) is 4.06. The second-order valence-corrected chi connectivity index (χ2v) is 7.20. The summed E-state index contributed by atoms with van der Waals surface area (Å²) in [7, 11) is 0. The molecule has 0 saturated carbocycles. The highest BCUT2D eigenvalue weighted by Crippen LogP contribution is 2.41. The van der Waals surface area contributed by atoms with Gasteiger partial charge < -0.3 is 0 Å².